The van der Waals surface area contributed by atoms with Gasteiger partial charge in [-0.2, -0.15) is 8.42 Å². The van der Waals surface area contributed by atoms with Crippen LogP contribution < -0.4 is 0 Å². The molecule has 0 saturated heterocycles. The Morgan fingerprint density at radius 2 is 1.88 bits per heavy atom. The van der Waals surface area contributed by atoms with Crippen LogP contribution in [0.1, 0.15) is 5.56 Å². The SMILES string of the molecule is Cc1c(F)ccc(F)c1S(=O)(=O)OCOP=O. The molecule has 0 N–H and O–H groups in total. The highest BCUT2D eigenvalue weighted by Crippen LogP contribution is 2.23. The van der Waals surface area contributed by atoms with Gasteiger partial charge in [0, 0.05) is 5.56 Å². The molecule has 0 amide bonds. The third kappa shape index (κ3) is 3.26. The monoisotopic (exact) mass is 284 g/mol. The lowest BCUT2D eigenvalue weighted by Gasteiger charge is -2.08. The normalized spacial score (nSPS) is 11.9. The van der Waals surface area contributed by atoms with Crippen LogP contribution in [-0.2, 0) is 23.4 Å². The predicted octanol–water partition coefficient (Wildman–Crippen LogP) is 2.16. The molecule has 0 heterocycles. The molecule has 0 aromatic heterocycles. The molecule has 0 saturated carbocycles. The van der Waals surface area contributed by atoms with E-state index in [1.807, 2.05) is 0 Å². The van der Waals surface area contributed by atoms with Gasteiger partial charge in [-0.3, -0.25) is 4.52 Å². The zero-order valence-electron chi connectivity index (χ0n) is 8.51. The molecule has 0 aliphatic heterocycles. The largest absolute Gasteiger partial charge is 0.329 e. The second-order valence-corrected chi connectivity index (χ2v) is 4.84. The van der Waals surface area contributed by atoms with Crippen molar-refractivity contribution in [3.05, 3.63) is 29.3 Å². The van der Waals surface area contributed by atoms with E-state index in [4.69, 9.17) is 0 Å². The van der Waals surface area contributed by atoms with Crippen molar-refractivity contribution in [3.63, 3.8) is 0 Å². The zero-order valence-corrected chi connectivity index (χ0v) is 10.2. The summed E-state index contributed by atoms with van der Waals surface area (Å²) in [5.74, 6) is -2.01. The van der Waals surface area contributed by atoms with E-state index >= 15 is 0 Å². The van der Waals surface area contributed by atoms with Crippen LogP contribution in [-0.4, -0.2) is 15.2 Å². The number of hydrogen-bond donors (Lipinski definition) is 0. The molecule has 0 radical (unpaired) electrons. The molecule has 17 heavy (non-hydrogen) atoms. The van der Waals surface area contributed by atoms with E-state index in [0.717, 1.165) is 13.0 Å². The van der Waals surface area contributed by atoms with Gasteiger partial charge in [0.15, 0.2) is 6.79 Å². The Morgan fingerprint density at radius 3 is 2.47 bits per heavy atom. The first-order valence-corrected chi connectivity index (χ1v) is 6.32. The molecule has 94 valence electrons. The lowest BCUT2D eigenvalue weighted by Crippen LogP contribution is -2.12. The van der Waals surface area contributed by atoms with E-state index in [1.54, 1.807) is 0 Å². The fourth-order valence-electron chi connectivity index (χ4n) is 1.11. The molecule has 5 nitrogen and oxygen atoms in total. The summed E-state index contributed by atoms with van der Waals surface area (Å²) in [5.41, 5.74) is -0.398. The molecule has 0 unspecified atom stereocenters. The van der Waals surface area contributed by atoms with Gasteiger partial charge in [0.25, 0.3) is 0 Å². The van der Waals surface area contributed by atoms with Crippen LogP contribution in [0.3, 0.4) is 0 Å². The maximum atomic E-state index is 13.3. The third-order valence-electron chi connectivity index (χ3n) is 1.85. The molecule has 0 aliphatic carbocycles. The molecule has 1 aromatic carbocycles. The average Bonchev–Trinajstić information content (AvgIpc) is 2.24. The van der Waals surface area contributed by atoms with Gasteiger partial charge in [0.2, 0.25) is 0 Å². The summed E-state index contributed by atoms with van der Waals surface area (Å²) in [5, 5.41) is 0. The summed E-state index contributed by atoms with van der Waals surface area (Å²) in [6, 6.07) is 1.47. The van der Waals surface area contributed by atoms with Crippen molar-refractivity contribution in [2.24, 2.45) is 0 Å². The van der Waals surface area contributed by atoms with E-state index in [0.29, 0.717) is 6.07 Å². The molecule has 0 bridgehead atoms. The fraction of sp³-hybridized carbons (Fsp3) is 0.250. The van der Waals surface area contributed by atoms with Gasteiger partial charge in [-0.1, -0.05) is 0 Å². The smallest absolute Gasteiger partial charge is 0.265 e. The molecule has 0 fully saturated rings. The predicted molar refractivity (Wildman–Crippen MR) is 52.9 cm³/mol. The van der Waals surface area contributed by atoms with Gasteiger partial charge in [0.1, 0.15) is 16.5 Å². The van der Waals surface area contributed by atoms with Crippen molar-refractivity contribution in [2.45, 2.75) is 11.8 Å². The molecule has 0 atom stereocenters. The summed E-state index contributed by atoms with van der Waals surface area (Å²) in [6.07, 6.45) is 0. The van der Waals surface area contributed by atoms with Gasteiger partial charge < -0.3 is 0 Å². The second-order valence-electron chi connectivity index (χ2n) is 2.88. The standard InChI is InChI=1S/C8H7F2O5PS/c1-5-6(9)2-3-7(10)8(5)17(12,13)15-4-14-16-11/h2-3H,4H2,1H3. The van der Waals surface area contributed by atoms with Gasteiger partial charge in [-0.05, 0) is 19.1 Å². The Morgan fingerprint density at radius 1 is 1.29 bits per heavy atom. The minimum Gasteiger partial charge on any atom is -0.265 e. The summed E-state index contributed by atoms with van der Waals surface area (Å²) in [6.45, 7) is 0.240. The number of benzene rings is 1. The maximum absolute atomic E-state index is 13.3. The first kappa shape index (κ1) is 14.1. The first-order chi connectivity index (χ1) is 7.90. The van der Waals surface area contributed by atoms with Gasteiger partial charge in [-0.15, -0.1) is 0 Å². The third-order valence-corrected chi connectivity index (χ3v) is 3.47. The molecule has 9 heteroatoms. The Kier molecular flexibility index (Phi) is 4.64. The number of rotatable bonds is 5. The van der Waals surface area contributed by atoms with Crippen LogP contribution in [0.2, 0.25) is 0 Å². The van der Waals surface area contributed by atoms with Crippen LogP contribution in [0.25, 0.3) is 0 Å². The highest BCUT2D eigenvalue weighted by molar-refractivity contribution is 7.86. The van der Waals surface area contributed by atoms with E-state index in [2.05, 4.69) is 8.71 Å². The van der Waals surface area contributed by atoms with Gasteiger partial charge in [0.05, 0.1) is 0 Å². The Bertz CT molecular complexity index is 531. The Balaban J connectivity index is 3.15. The van der Waals surface area contributed by atoms with Crippen molar-refractivity contribution in [1.82, 2.24) is 0 Å². The van der Waals surface area contributed by atoms with Crippen LogP contribution >= 0.6 is 8.69 Å². The van der Waals surface area contributed by atoms with E-state index < -0.39 is 47.7 Å². The summed E-state index contributed by atoms with van der Waals surface area (Å²) in [4.78, 5) is -0.899. The molecule has 1 aromatic rings. The molecule has 1 rings (SSSR count). The van der Waals surface area contributed by atoms with Crippen LogP contribution in [0.5, 0.6) is 0 Å². The number of halogens is 2. The van der Waals surface area contributed by atoms with Crippen LogP contribution in [0.4, 0.5) is 8.78 Å². The van der Waals surface area contributed by atoms with Crippen molar-refractivity contribution in [3.8, 4) is 0 Å². The van der Waals surface area contributed by atoms with Crippen molar-refractivity contribution < 1.29 is 30.5 Å². The average molecular weight is 284 g/mol. The molecule has 0 spiro atoms. The van der Waals surface area contributed by atoms with Gasteiger partial charge in [-0.25, -0.2) is 17.5 Å². The minimum atomic E-state index is -4.50. The Labute approximate surface area is 97.8 Å². The maximum Gasteiger partial charge on any atom is 0.329 e. The summed E-state index contributed by atoms with van der Waals surface area (Å²) in [7, 11) is -5.29. The van der Waals surface area contributed by atoms with Crippen molar-refractivity contribution >= 4 is 18.8 Å². The quantitative estimate of drug-likeness (QED) is 0.358. The Hall–Kier alpha value is -0.950. The first-order valence-electron chi connectivity index (χ1n) is 4.19. The van der Waals surface area contributed by atoms with Crippen molar-refractivity contribution in [2.75, 3.05) is 6.79 Å². The summed E-state index contributed by atoms with van der Waals surface area (Å²) >= 11 is 0. The highest BCUT2D eigenvalue weighted by Gasteiger charge is 2.24. The summed E-state index contributed by atoms with van der Waals surface area (Å²) < 4.78 is 67.6. The zero-order chi connectivity index (χ0) is 13.1. The molecule has 0 aliphatic rings. The highest BCUT2D eigenvalue weighted by atomic mass is 32.2. The fourth-order valence-corrected chi connectivity index (χ4v) is 2.35. The van der Waals surface area contributed by atoms with E-state index in [-0.39, 0.29) is 0 Å². The minimum absolute atomic E-state index is 0.398. The second kappa shape index (κ2) is 5.59. The molecular weight excluding hydrogens is 277 g/mol. The van der Waals surface area contributed by atoms with Crippen LogP contribution in [0, 0.1) is 18.6 Å². The van der Waals surface area contributed by atoms with E-state index in [9.17, 15) is 21.8 Å². The van der Waals surface area contributed by atoms with Crippen molar-refractivity contribution in [1.29, 1.82) is 0 Å². The van der Waals surface area contributed by atoms with Crippen LogP contribution in [0.15, 0.2) is 17.0 Å². The lowest BCUT2D eigenvalue weighted by molar-refractivity contribution is 0.139. The number of hydrogen-bond acceptors (Lipinski definition) is 5. The topological polar surface area (TPSA) is 69.7 Å². The lowest BCUT2D eigenvalue weighted by atomic mass is 10.2. The van der Waals surface area contributed by atoms with Gasteiger partial charge >= 0.3 is 18.8 Å². The molecular formula is C8H7F2O5PS. The van der Waals surface area contributed by atoms with E-state index in [1.165, 1.54) is 0 Å².